The Hall–Kier alpha value is -1.05. The summed E-state index contributed by atoms with van der Waals surface area (Å²) in [6.45, 7) is 0.667. The van der Waals surface area contributed by atoms with Crippen LogP contribution in [0.15, 0.2) is 22.7 Å². The van der Waals surface area contributed by atoms with Crippen LogP contribution in [-0.2, 0) is 5.54 Å². The Morgan fingerprint density at radius 1 is 1.47 bits per heavy atom. The Bertz CT molecular complexity index is 467. The van der Waals surface area contributed by atoms with Gasteiger partial charge in [0.2, 0.25) is 0 Å². The molecule has 0 saturated heterocycles. The van der Waals surface area contributed by atoms with Gasteiger partial charge in [-0.2, -0.15) is 5.26 Å². The molecule has 1 aliphatic heterocycles. The van der Waals surface area contributed by atoms with Crippen molar-refractivity contribution in [3.8, 4) is 11.8 Å². The van der Waals surface area contributed by atoms with Crippen LogP contribution < -0.4 is 4.74 Å². The molecular weight excluding hydrogens is 280 g/mol. The number of halogens is 1. The molecule has 0 radical (unpaired) electrons. The average Bonchev–Trinajstić information content (AvgIpc) is 2.48. The van der Waals surface area contributed by atoms with Crippen molar-refractivity contribution in [2.75, 3.05) is 20.7 Å². The maximum Gasteiger partial charge on any atom is 0.137 e. The Morgan fingerprint density at radius 3 is 2.88 bits per heavy atom. The molecule has 1 aromatic carbocycles. The van der Waals surface area contributed by atoms with Crippen molar-refractivity contribution in [2.45, 2.75) is 18.4 Å². The van der Waals surface area contributed by atoms with E-state index >= 15 is 0 Å². The maximum atomic E-state index is 9.59. The highest BCUT2D eigenvalue weighted by Gasteiger charge is 2.38. The topological polar surface area (TPSA) is 36.3 Å². The third-order valence-electron chi connectivity index (χ3n) is 3.28. The fourth-order valence-corrected chi connectivity index (χ4v) is 2.62. The van der Waals surface area contributed by atoms with Crippen molar-refractivity contribution >= 4 is 15.9 Å². The predicted octanol–water partition coefficient (Wildman–Crippen LogP) is 2.90. The van der Waals surface area contributed by atoms with E-state index in [0.717, 1.165) is 28.6 Å². The van der Waals surface area contributed by atoms with E-state index in [-0.39, 0.29) is 0 Å². The fraction of sp³-hybridized carbons (Fsp3) is 0.462. The first-order valence-corrected chi connectivity index (χ1v) is 6.41. The van der Waals surface area contributed by atoms with Gasteiger partial charge in [-0.3, -0.25) is 4.90 Å². The zero-order valence-corrected chi connectivity index (χ0v) is 11.6. The largest absolute Gasteiger partial charge is 0.493 e. The quantitative estimate of drug-likeness (QED) is 0.799. The Labute approximate surface area is 110 Å². The molecular formula is C13H15BrN2O. The minimum absolute atomic E-state index is 0.577. The molecule has 1 atom stereocenters. The maximum absolute atomic E-state index is 9.59. The highest BCUT2D eigenvalue weighted by Crippen LogP contribution is 2.40. The number of hydrogen-bond donors (Lipinski definition) is 0. The van der Waals surface area contributed by atoms with Crippen LogP contribution in [0.5, 0.6) is 5.75 Å². The SMILES string of the molecule is CN(C)C1(C#N)CCCOc2cc(Br)ccc21. The van der Waals surface area contributed by atoms with Gasteiger partial charge in [0.15, 0.2) is 0 Å². The lowest BCUT2D eigenvalue weighted by molar-refractivity contribution is 0.202. The summed E-state index contributed by atoms with van der Waals surface area (Å²) in [5.74, 6) is 0.812. The highest BCUT2D eigenvalue weighted by atomic mass is 79.9. The molecule has 0 fully saturated rings. The lowest BCUT2D eigenvalue weighted by Gasteiger charge is -2.33. The van der Waals surface area contributed by atoms with Gasteiger partial charge in [0.05, 0.1) is 12.7 Å². The lowest BCUT2D eigenvalue weighted by Crippen LogP contribution is -2.39. The number of nitrogens with zero attached hydrogens (tertiary/aromatic N) is 2. The van der Waals surface area contributed by atoms with E-state index in [4.69, 9.17) is 4.74 Å². The first-order chi connectivity index (χ1) is 8.10. The molecule has 4 heteroatoms. The number of ether oxygens (including phenoxy) is 1. The van der Waals surface area contributed by atoms with E-state index < -0.39 is 5.54 Å². The Balaban J connectivity index is 2.61. The minimum Gasteiger partial charge on any atom is -0.493 e. The second-order valence-corrected chi connectivity index (χ2v) is 5.37. The van der Waals surface area contributed by atoms with Crippen molar-refractivity contribution in [2.24, 2.45) is 0 Å². The lowest BCUT2D eigenvalue weighted by atomic mass is 9.85. The van der Waals surface area contributed by atoms with E-state index in [1.807, 2.05) is 37.2 Å². The van der Waals surface area contributed by atoms with Crippen LogP contribution in [0.2, 0.25) is 0 Å². The van der Waals surface area contributed by atoms with Gasteiger partial charge in [-0.15, -0.1) is 0 Å². The number of rotatable bonds is 1. The van der Waals surface area contributed by atoms with Crippen molar-refractivity contribution in [3.05, 3.63) is 28.2 Å². The molecule has 1 heterocycles. The van der Waals surface area contributed by atoms with E-state index in [2.05, 4.69) is 22.0 Å². The normalized spacial score (nSPS) is 23.5. The summed E-state index contributed by atoms with van der Waals surface area (Å²) in [4.78, 5) is 1.98. The van der Waals surface area contributed by atoms with Crippen LogP contribution in [0.3, 0.4) is 0 Å². The highest BCUT2D eigenvalue weighted by molar-refractivity contribution is 9.10. The van der Waals surface area contributed by atoms with Gasteiger partial charge in [-0.05, 0) is 39.1 Å². The van der Waals surface area contributed by atoms with E-state index in [1.54, 1.807) is 0 Å². The van der Waals surface area contributed by atoms with Crippen LogP contribution in [0.25, 0.3) is 0 Å². The van der Waals surface area contributed by atoms with Gasteiger partial charge in [-0.25, -0.2) is 0 Å². The molecule has 90 valence electrons. The van der Waals surface area contributed by atoms with Gasteiger partial charge in [-0.1, -0.05) is 22.0 Å². The van der Waals surface area contributed by atoms with Crippen LogP contribution in [0.4, 0.5) is 0 Å². The number of benzene rings is 1. The number of nitriles is 1. The van der Waals surface area contributed by atoms with Crippen molar-refractivity contribution in [1.29, 1.82) is 5.26 Å². The first-order valence-electron chi connectivity index (χ1n) is 5.62. The Morgan fingerprint density at radius 2 is 2.24 bits per heavy atom. The molecule has 0 amide bonds. The second-order valence-electron chi connectivity index (χ2n) is 4.46. The van der Waals surface area contributed by atoms with Crippen molar-refractivity contribution in [1.82, 2.24) is 4.90 Å². The van der Waals surface area contributed by atoms with Gasteiger partial charge in [0.25, 0.3) is 0 Å². The molecule has 3 nitrogen and oxygen atoms in total. The van der Waals surface area contributed by atoms with Crippen LogP contribution in [0.1, 0.15) is 18.4 Å². The molecule has 0 aliphatic carbocycles. The molecule has 2 rings (SSSR count). The average molecular weight is 295 g/mol. The smallest absolute Gasteiger partial charge is 0.137 e. The van der Waals surface area contributed by atoms with Gasteiger partial charge < -0.3 is 4.74 Å². The molecule has 1 unspecified atom stereocenters. The van der Waals surface area contributed by atoms with Crippen molar-refractivity contribution < 1.29 is 4.74 Å². The summed E-state index contributed by atoms with van der Waals surface area (Å²) in [5, 5.41) is 9.59. The summed E-state index contributed by atoms with van der Waals surface area (Å²) in [6, 6.07) is 8.35. The molecule has 0 N–H and O–H groups in total. The number of fused-ring (bicyclic) bond motifs is 1. The summed E-state index contributed by atoms with van der Waals surface area (Å²) in [7, 11) is 3.89. The molecule has 0 saturated carbocycles. The second kappa shape index (κ2) is 4.67. The van der Waals surface area contributed by atoms with E-state index in [0.29, 0.717) is 6.61 Å². The zero-order valence-electron chi connectivity index (χ0n) is 10.0. The molecule has 0 spiro atoms. The molecule has 1 aromatic rings. The fourth-order valence-electron chi connectivity index (χ4n) is 2.28. The van der Waals surface area contributed by atoms with Crippen LogP contribution in [0, 0.1) is 11.3 Å². The van der Waals surface area contributed by atoms with Crippen LogP contribution in [-0.4, -0.2) is 25.6 Å². The van der Waals surface area contributed by atoms with Crippen LogP contribution >= 0.6 is 15.9 Å². The minimum atomic E-state index is -0.577. The van der Waals surface area contributed by atoms with Gasteiger partial charge >= 0.3 is 0 Å². The van der Waals surface area contributed by atoms with Gasteiger partial charge in [0, 0.05) is 10.0 Å². The monoisotopic (exact) mass is 294 g/mol. The van der Waals surface area contributed by atoms with E-state index in [9.17, 15) is 5.26 Å². The van der Waals surface area contributed by atoms with Crippen molar-refractivity contribution in [3.63, 3.8) is 0 Å². The standard InChI is InChI=1S/C13H15BrN2O/c1-16(2)13(9-15)6-3-7-17-12-8-10(14)4-5-11(12)13/h4-5,8H,3,6-7H2,1-2H3. The molecule has 0 bridgehead atoms. The number of hydrogen-bond acceptors (Lipinski definition) is 3. The van der Waals surface area contributed by atoms with E-state index in [1.165, 1.54) is 0 Å². The third-order valence-corrected chi connectivity index (χ3v) is 3.77. The summed E-state index contributed by atoms with van der Waals surface area (Å²) in [6.07, 6.45) is 1.68. The molecule has 1 aliphatic rings. The van der Waals surface area contributed by atoms with Gasteiger partial charge in [0.1, 0.15) is 11.3 Å². The summed E-state index contributed by atoms with van der Waals surface area (Å²) in [5.41, 5.74) is 0.387. The summed E-state index contributed by atoms with van der Waals surface area (Å²) >= 11 is 3.44. The third kappa shape index (κ3) is 2.05. The predicted molar refractivity (Wildman–Crippen MR) is 69.8 cm³/mol. The summed E-state index contributed by atoms with van der Waals surface area (Å²) < 4.78 is 6.70. The Kier molecular flexibility index (Phi) is 3.41. The zero-order chi connectivity index (χ0) is 12.5. The molecule has 17 heavy (non-hydrogen) atoms. The first kappa shape index (κ1) is 12.4. The molecule has 0 aromatic heterocycles.